The van der Waals surface area contributed by atoms with Crippen LogP contribution in [0.2, 0.25) is 0 Å². The molecule has 0 saturated carbocycles. The molecule has 0 heterocycles. The second-order valence-corrected chi connectivity index (χ2v) is 5.58. The summed E-state index contributed by atoms with van der Waals surface area (Å²) in [7, 11) is 0. The number of nitrogens with zero attached hydrogens (tertiary/aromatic N) is 1. The van der Waals surface area contributed by atoms with E-state index in [-0.39, 0.29) is 5.78 Å². The number of Topliss-reactive ketones (excluding diaryl/α,β-unsaturated/α-hetero) is 1. The fourth-order valence-corrected chi connectivity index (χ4v) is 2.20. The Bertz CT molecular complexity index is 425. The standard InChI is InChI=1S/C17H27NO/c1-6-13(3)11-18(7-2)12-17(19)16-10-14(4)8-9-15(16)5/h8-10,13H,6-7,11-12H2,1-5H3. The summed E-state index contributed by atoms with van der Waals surface area (Å²) < 4.78 is 0. The van der Waals surface area contributed by atoms with Gasteiger partial charge in [-0.05, 0) is 37.9 Å². The summed E-state index contributed by atoms with van der Waals surface area (Å²) in [6.45, 7) is 13.1. The molecule has 2 heteroatoms. The van der Waals surface area contributed by atoms with Crippen LogP contribution >= 0.6 is 0 Å². The SMILES string of the molecule is CCC(C)CN(CC)CC(=O)c1cc(C)ccc1C. The molecule has 0 aliphatic carbocycles. The van der Waals surface area contributed by atoms with Gasteiger partial charge in [0.15, 0.2) is 5.78 Å². The van der Waals surface area contributed by atoms with Gasteiger partial charge >= 0.3 is 0 Å². The predicted octanol–water partition coefficient (Wildman–Crippen LogP) is 3.85. The van der Waals surface area contributed by atoms with Crippen molar-refractivity contribution in [3.63, 3.8) is 0 Å². The molecule has 0 aliphatic rings. The molecule has 1 unspecified atom stereocenters. The molecule has 0 aliphatic heterocycles. The highest BCUT2D eigenvalue weighted by molar-refractivity contribution is 5.99. The van der Waals surface area contributed by atoms with Gasteiger partial charge in [-0.1, -0.05) is 44.9 Å². The van der Waals surface area contributed by atoms with Crippen LogP contribution in [0.3, 0.4) is 0 Å². The zero-order chi connectivity index (χ0) is 14.4. The van der Waals surface area contributed by atoms with E-state index < -0.39 is 0 Å². The summed E-state index contributed by atoms with van der Waals surface area (Å²) in [5.41, 5.74) is 3.11. The number of rotatable bonds is 7. The number of benzene rings is 1. The Morgan fingerprint density at radius 2 is 1.95 bits per heavy atom. The molecule has 0 aromatic heterocycles. The first-order valence-corrected chi connectivity index (χ1v) is 7.30. The maximum Gasteiger partial charge on any atom is 0.177 e. The number of hydrogen-bond acceptors (Lipinski definition) is 2. The minimum absolute atomic E-state index is 0.242. The number of carbonyl (C=O) groups is 1. The van der Waals surface area contributed by atoms with E-state index in [2.05, 4.69) is 31.7 Å². The Kier molecular flexibility index (Phi) is 6.23. The van der Waals surface area contributed by atoms with Crippen LogP contribution < -0.4 is 0 Å². The Labute approximate surface area is 117 Å². The van der Waals surface area contributed by atoms with E-state index in [4.69, 9.17) is 0 Å². The summed E-state index contributed by atoms with van der Waals surface area (Å²) in [5, 5.41) is 0. The molecule has 106 valence electrons. The molecule has 0 N–H and O–H groups in total. The minimum Gasteiger partial charge on any atom is -0.296 e. The maximum atomic E-state index is 12.4. The molecule has 1 aromatic rings. The Hall–Kier alpha value is -1.15. The van der Waals surface area contributed by atoms with Gasteiger partial charge < -0.3 is 0 Å². The quantitative estimate of drug-likeness (QED) is 0.695. The maximum absolute atomic E-state index is 12.4. The number of carbonyl (C=O) groups excluding carboxylic acids is 1. The van der Waals surface area contributed by atoms with Crippen LogP contribution in [0.25, 0.3) is 0 Å². The summed E-state index contributed by atoms with van der Waals surface area (Å²) in [6, 6.07) is 6.10. The highest BCUT2D eigenvalue weighted by Crippen LogP contribution is 2.13. The lowest BCUT2D eigenvalue weighted by Crippen LogP contribution is -2.33. The molecule has 0 amide bonds. The summed E-state index contributed by atoms with van der Waals surface area (Å²) in [4.78, 5) is 14.7. The van der Waals surface area contributed by atoms with Crippen molar-refractivity contribution in [3.05, 3.63) is 34.9 Å². The van der Waals surface area contributed by atoms with Crippen LogP contribution in [-0.4, -0.2) is 30.3 Å². The molecule has 0 radical (unpaired) electrons. The summed E-state index contributed by atoms with van der Waals surface area (Å²) in [6.07, 6.45) is 1.16. The van der Waals surface area contributed by atoms with E-state index in [9.17, 15) is 4.79 Å². The normalized spacial score (nSPS) is 12.7. The smallest absolute Gasteiger partial charge is 0.177 e. The molecule has 1 rings (SSSR count). The Balaban J connectivity index is 2.74. The van der Waals surface area contributed by atoms with Gasteiger partial charge in [0.1, 0.15) is 0 Å². The van der Waals surface area contributed by atoms with Gasteiger partial charge in [0.25, 0.3) is 0 Å². The third-order valence-corrected chi connectivity index (χ3v) is 3.77. The third-order valence-electron chi connectivity index (χ3n) is 3.77. The van der Waals surface area contributed by atoms with Crippen molar-refractivity contribution in [2.45, 2.75) is 41.0 Å². The fourth-order valence-electron chi connectivity index (χ4n) is 2.20. The minimum atomic E-state index is 0.242. The van der Waals surface area contributed by atoms with Crippen molar-refractivity contribution >= 4 is 5.78 Å². The fraction of sp³-hybridized carbons (Fsp3) is 0.588. The van der Waals surface area contributed by atoms with Crippen LogP contribution in [0.15, 0.2) is 18.2 Å². The van der Waals surface area contributed by atoms with Crippen LogP contribution in [0, 0.1) is 19.8 Å². The Morgan fingerprint density at radius 3 is 2.53 bits per heavy atom. The lowest BCUT2D eigenvalue weighted by Gasteiger charge is -2.23. The van der Waals surface area contributed by atoms with Crippen LogP contribution in [-0.2, 0) is 0 Å². The van der Waals surface area contributed by atoms with Gasteiger partial charge in [-0.2, -0.15) is 0 Å². The van der Waals surface area contributed by atoms with Gasteiger partial charge in [0, 0.05) is 12.1 Å². The molecule has 0 saturated heterocycles. The number of hydrogen-bond donors (Lipinski definition) is 0. The van der Waals surface area contributed by atoms with Gasteiger partial charge in [0.05, 0.1) is 6.54 Å². The van der Waals surface area contributed by atoms with E-state index in [1.807, 2.05) is 26.0 Å². The van der Waals surface area contributed by atoms with Crippen molar-refractivity contribution in [2.75, 3.05) is 19.6 Å². The molecule has 0 bridgehead atoms. The monoisotopic (exact) mass is 261 g/mol. The summed E-state index contributed by atoms with van der Waals surface area (Å²) in [5.74, 6) is 0.887. The zero-order valence-corrected chi connectivity index (χ0v) is 13.0. The van der Waals surface area contributed by atoms with Gasteiger partial charge in [-0.3, -0.25) is 9.69 Å². The van der Waals surface area contributed by atoms with E-state index in [1.165, 1.54) is 0 Å². The van der Waals surface area contributed by atoms with E-state index in [0.717, 1.165) is 36.2 Å². The lowest BCUT2D eigenvalue weighted by atomic mass is 10.0. The molecule has 0 spiro atoms. The molecular weight excluding hydrogens is 234 g/mol. The van der Waals surface area contributed by atoms with Crippen molar-refractivity contribution in [2.24, 2.45) is 5.92 Å². The Morgan fingerprint density at radius 1 is 1.26 bits per heavy atom. The van der Waals surface area contributed by atoms with Crippen molar-refractivity contribution in [1.82, 2.24) is 4.90 Å². The van der Waals surface area contributed by atoms with E-state index >= 15 is 0 Å². The molecule has 1 aromatic carbocycles. The topological polar surface area (TPSA) is 20.3 Å². The van der Waals surface area contributed by atoms with Crippen molar-refractivity contribution in [1.29, 1.82) is 0 Å². The van der Waals surface area contributed by atoms with E-state index in [1.54, 1.807) is 0 Å². The van der Waals surface area contributed by atoms with Gasteiger partial charge in [0.2, 0.25) is 0 Å². The van der Waals surface area contributed by atoms with Crippen LogP contribution in [0.5, 0.6) is 0 Å². The van der Waals surface area contributed by atoms with Gasteiger partial charge in [-0.15, -0.1) is 0 Å². The van der Waals surface area contributed by atoms with Crippen molar-refractivity contribution < 1.29 is 4.79 Å². The average molecular weight is 261 g/mol. The highest BCUT2D eigenvalue weighted by atomic mass is 16.1. The second-order valence-electron chi connectivity index (χ2n) is 5.58. The number of likely N-dealkylation sites (N-methyl/N-ethyl adjacent to an activating group) is 1. The van der Waals surface area contributed by atoms with E-state index in [0.29, 0.717) is 12.5 Å². The average Bonchev–Trinajstić information content (AvgIpc) is 2.40. The highest BCUT2D eigenvalue weighted by Gasteiger charge is 2.15. The third kappa shape index (κ3) is 4.79. The molecule has 19 heavy (non-hydrogen) atoms. The largest absolute Gasteiger partial charge is 0.296 e. The number of ketones is 1. The lowest BCUT2D eigenvalue weighted by molar-refractivity contribution is 0.0923. The zero-order valence-electron chi connectivity index (χ0n) is 13.0. The van der Waals surface area contributed by atoms with Crippen LogP contribution in [0.4, 0.5) is 0 Å². The molecule has 0 fully saturated rings. The first kappa shape index (κ1) is 15.9. The van der Waals surface area contributed by atoms with Crippen LogP contribution in [0.1, 0.15) is 48.7 Å². The van der Waals surface area contributed by atoms with Gasteiger partial charge in [-0.25, -0.2) is 0 Å². The second kappa shape index (κ2) is 7.44. The molecular formula is C17H27NO. The summed E-state index contributed by atoms with van der Waals surface area (Å²) >= 11 is 0. The molecule has 1 atom stereocenters. The van der Waals surface area contributed by atoms with Crippen molar-refractivity contribution in [3.8, 4) is 0 Å². The first-order valence-electron chi connectivity index (χ1n) is 7.30. The first-order chi connectivity index (χ1) is 8.97. The number of aryl methyl sites for hydroxylation is 2. The predicted molar refractivity (Wildman–Crippen MR) is 81.8 cm³/mol. The molecule has 2 nitrogen and oxygen atoms in total.